The molecule has 4 rings (SSSR count). The molecule has 426 valence electrons. The highest BCUT2D eigenvalue weighted by Crippen LogP contribution is 2.28. The molecule has 8 atom stereocenters. The van der Waals surface area contributed by atoms with E-state index in [1.807, 2.05) is 120 Å². The predicted octanol–water partition coefficient (Wildman–Crippen LogP) is 5.89. The van der Waals surface area contributed by atoms with E-state index in [0.717, 1.165) is 59.3 Å². The molecule has 1 aliphatic carbocycles. The molecule has 0 spiro atoms. The van der Waals surface area contributed by atoms with Gasteiger partial charge in [0.25, 0.3) is 0 Å². The molecule has 0 radical (unpaired) electrons. The van der Waals surface area contributed by atoms with Crippen molar-refractivity contribution in [1.82, 2.24) is 31.5 Å². The van der Waals surface area contributed by atoms with E-state index >= 15 is 0 Å². The van der Waals surface area contributed by atoms with E-state index in [1.54, 1.807) is 0 Å². The lowest BCUT2D eigenvalue weighted by molar-refractivity contribution is -0.143. The van der Waals surface area contributed by atoms with Gasteiger partial charge in [-0.15, -0.1) is 0 Å². The van der Waals surface area contributed by atoms with Gasteiger partial charge in [0.05, 0.1) is 6.04 Å². The molecule has 17 nitrogen and oxygen atoms in total. The maximum Gasteiger partial charge on any atom is 0.245 e. The first kappa shape index (κ1) is 63.8. The molecule has 1 aliphatic rings. The fourth-order valence-electron chi connectivity index (χ4n) is 10.0. The number of carbonyl (C=O) groups is 9. The van der Waals surface area contributed by atoms with Crippen LogP contribution in [0.15, 0.2) is 84.9 Å². The molecule has 0 saturated heterocycles. The van der Waals surface area contributed by atoms with Gasteiger partial charge >= 0.3 is 0 Å². The van der Waals surface area contributed by atoms with Crippen LogP contribution in [0.3, 0.4) is 0 Å². The number of rotatable bonds is 32. The molecular formula is C61H88N8O9. The minimum absolute atomic E-state index is 0.00298. The number of likely N-dealkylation sites (N-methyl/N-ethyl adjacent to an activating group) is 1. The Morgan fingerprint density at radius 2 is 1.15 bits per heavy atom. The number of benzene rings is 3. The van der Waals surface area contributed by atoms with Crippen LogP contribution in [0.1, 0.15) is 137 Å². The molecule has 78 heavy (non-hydrogen) atoms. The summed E-state index contributed by atoms with van der Waals surface area (Å²) in [6.45, 7) is 12.1. The van der Waals surface area contributed by atoms with Gasteiger partial charge in [-0.2, -0.15) is 0 Å². The summed E-state index contributed by atoms with van der Waals surface area (Å²) in [7, 11) is 1.37. The van der Waals surface area contributed by atoms with Crippen LogP contribution in [0.2, 0.25) is 0 Å². The maximum absolute atomic E-state index is 14.5. The zero-order chi connectivity index (χ0) is 57.5. The highest BCUT2D eigenvalue weighted by Gasteiger charge is 2.36. The van der Waals surface area contributed by atoms with E-state index < -0.39 is 83.5 Å². The molecule has 1 fully saturated rings. The van der Waals surface area contributed by atoms with Crippen LogP contribution in [0.4, 0.5) is 0 Å². The Labute approximate surface area is 462 Å². The van der Waals surface area contributed by atoms with Gasteiger partial charge < -0.3 is 43.0 Å². The average molecular weight is 1080 g/mol. The zero-order valence-corrected chi connectivity index (χ0v) is 47.3. The van der Waals surface area contributed by atoms with Gasteiger partial charge in [-0.3, -0.25) is 43.2 Å². The monoisotopic (exact) mass is 1080 g/mol. The lowest BCUT2D eigenvalue weighted by Gasteiger charge is -2.31. The fraction of sp³-hybridized carbons (Fsp3) is 0.557. The molecule has 3 aromatic carbocycles. The van der Waals surface area contributed by atoms with E-state index in [2.05, 4.69) is 26.6 Å². The number of primary amides is 1. The van der Waals surface area contributed by atoms with Gasteiger partial charge in [0.15, 0.2) is 5.78 Å². The third-order valence-electron chi connectivity index (χ3n) is 15.0. The van der Waals surface area contributed by atoms with Crippen LogP contribution in [0.25, 0.3) is 11.1 Å². The van der Waals surface area contributed by atoms with Crippen molar-refractivity contribution in [2.24, 2.45) is 41.1 Å². The summed E-state index contributed by atoms with van der Waals surface area (Å²) in [6, 6.07) is 20.7. The van der Waals surface area contributed by atoms with E-state index in [9.17, 15) is 43.2 Å². The van der Waals surface area contributed by atoms with Crippen molar-refractivity contribution in [3.05, 3.63) is 96.1 Å². The molecule has 0 heterocycles. The highest BCUT2D eigenvalue weighted by atomic mass is 16.2. The van der Waals surface area contributed by atoms with Crippen LogP contribution in [0.5, 0.6) is 0 Å². The van der Waals surface area contributed by atoms with Gasteiger partial charge in [0, 0.05) is 31.7 Å². The van der Waals surface area contributed by atoms with Crippen molar-refractivity contribution >= 4 is 52.9 Å². The van der Waals surface area contributed by atoms with Crippen molar-refractivity contribution in [3.63, 3.8) is 0 Å². The van der Waals surface area contributed by atoms with Crippen molar-refractivity contribution in [2.45, 2.75) is 175 Å². The van der Waals surface area contributed by atoms with E-state index in [0.29, 0.717) is 19.3 Å². The average Bonchev–Trinajstić information content (AvgIpc) is 3.42. The molecule has 1 saturated carbocycles. The Morgan fingerprint density at radius 1 is 0.603 bits per heavy atom. The van der Waals surface area contributed by atoms with Gasteiger partial charge in [-0.1, -0.05) is 152 Å². The second-order valence-electron chi connectivity index (χ2n) is 22.2. The molecule has 17 heteroatoms. The molecule has 0 aromatic heterocycles. The molecule has 7 amide bonds. The first-order valence-electron chi connectivity index (χ1n) is 28.1. The van der Waals surface area contributed by atoms with Crippen LogP contribution in [-0.4, -0.2) is 108 Å². The summed E-state index contributed by atoms with van der Waals surface area (Å²) >= 11 is 0. The minimum Gasteiger partial charge on any atom is -0.370 e. The lowest BCUT2D eigenvalue weighted by Crippen LogP contribution is -2.60. The number of ketones is 2. The minimum atomic E-state index is -1.33. The Hall–Kier alpha value is -6.75. The predicted molar refractivity (Wildman–Crippen MR) is 303 cm³/mol. The first-order valence-corrected chi connectivity index (χ1v) is 28.1. The molecule has 3 aromatic rings. The molecular weight excluding hydrogens is 989 g/mol. The van der Waals surface area contributed by atoms with Gasteiger partial charge in [0.1, 0.15) is 36.0 Å². The summed E-state index contributed by atoms with van der Waals surface area (Å²) in [6.07, 6.45) is 6.23. The number of aryl methyl sites for hydroxylation is 1. The second-order valence-corrected chi connectivity index (χ2v) is 22.2. The number of Topliss-reactive ketones (excluding diaryl/α,β-unsaturated/α-hetero) is 2. The Bertz CT molecular complexity index is 2450. The quantitative estimate of drug-likeness (QED) is 0.0390. The Kier molecular flexibility index (Phi) is 26.3. The zero-order valence-electron chi connectivity index (χ0n) is 47.3. The molecule has 9 N–H and O–H groups in total. The Balaban J connectivity index is 1.52. The lowest BCUT2D eigenvalue weighted by atomic mass is 9.84. The summed E-state index contributed by atoms with van der Waals surface area (Å²) < 4.78 is 0. The number of hydrogen-bond donors (Lipinski definition) is 7. The topological polar surface area (TPSA) is 269 Å². The third-order valence-corrected chi connectivity index (χ3v) is 15.0. The Morgan fingerprint density at radius 3 is 1.73 bits per heavy atom. The number of carbonyl (C=O) groups excluding carboxylic acids is 9. The summed E-state index contributed by atoms with van der Waals surface area (Å²) in [5, 5.41) is 14.0. The normalized spacial score (nSPS) is 15.8. The highest BCUT2D eigenvalue weighted by molar-refractivity contribution is 5.97. The van der Waals surface area contributed by atoms with Crippen molar-refractivity contribution in [3.8, 4) is 11.1 Å². The van der Waals surface area contributed by atoms with E-state index in [1.165, 1.54) is 20.9 Å². The SMILES string of the molecule is CC(=O)C(NC(=O)C(CC1CCCCC1)NC(=O)[C@H](CCN)NC(=O)[C@@H](CC(C)C)NC(=O)[C@H](C)N(C)C(=O)C(CCC(N)=O)NC(=O)C(CC(=O)C(C)CCc1ccccc1)Cc1ccc(-c2ccccc2)cc1)C(C)C. The van der Waals surface area contributed by atoms with Crippen molar-refractivity contribution < 1.29 is 43.2 Å². The fourth-order valence-corrected chi connectivity index (χ4v) is 10.0. The molecule has 5 unspecified atom stereocenters. The number of nitrogens with one attached hydrogen (secondary N) is 5. The van der Waals surface area contributed by atoms with Crippen LogP contribution >= 0.6 is 0 Å². The van der Waals surface area contributed by atoms with Crippen LogP contribution in [0, 0.1) is 29.6 Å². The largest absolute Gasteiger partial charge is 0.370 e. The van der Waals surface area contributed by atoms with Crippen LogP contribution in [-0.2, 0) is 56.0 Å². The van der Waals surface area contributed by atoms with Crippen molar-refractivity contribution in [1.29, 1.82) is 0 Å². The van der Waals surface area contributed by atoms with Crippen LogP contribution < -0.4 is 38.1 Å². The first-order chi connectivity index (χ1) is 37.1. The summed E-state index contributed by atoms with van der Waals surface area (Å²) in [4.78, 5) is 125. The van der Waals surface area contributed by atoms with E-state index in [4.69, 9.17) is 11.5 Å². The van der Waals surface area contributed by atoms with Crippen molar-refractivity contribution in [2.75, 3.05) is 13.6 Å². The van der Waals surface area contributed by atoms with Gasteiger partial charge in [0.2, 0.25) is 41.4 Å². The standard InChI is InChI=1S/C61H88N8O9/c1-38(2)34-51(59(76)64-49(32-33-62)58(75)67-52(36-44-20-14-10-15-21-44)60(77)68-55(39(3)4)42(7)70)66-56(73)41(6)69(8)61(78)50(30-31-54(63)72)65-57(74)48(37-53(71)40(5)24-25-43-18-12-9-13-19-43)35-45-26-28-47(29-27-45)46-22-16-11-17-23-46/h9,11-13,16-19,22-23,26-29,38-41,44,48-52,55H,10,14-15,20-21,24-25,30-37,62H2,1-8H3,(H2,63,72)(H,64,76)(H,65,74)(H,66,73)(H,67,75)(H,68,77)/t40?,41-,48?,49-,50?,51+,52?,55?/m0/s1. The summed E-state index contributed by atoms with van der Waals surface area (Å²) in [5.41, 5.74) is 15.4. The smallest absolute Gasteiger partial charge is 0.245 e. The van der Waals surface area contributed by atoms with E-state index in [-0.39, 0.29) is 80.3 Å². The third kappa shape index (κ3) is 20.9. The summed E-state index contributed by atoms with van der Waals surface area (Å²) in [5.74, 6) is -6.29. The van der Waals surface area contributed by atoms with Gasteiger partial charge in [-0.25, -0.2) is 0 Å². The number of nitrogens with two attached hydrogens (primary N) is 2. The number of amides is 7. The maximum atomic E-state index is 14.5. The second kappa shape index (κ2) is 32.2. The number of hydrogen-bond acceptors (Lipinski definition) is 10. The molecule has 0 aliphatic heterocycles. The molecule has 0 bridgehead atoms. The van der Waals surface area contributed by atoms with Gasteiger partial charge in [-0.05, 0) is 105 Å². The number of nitrogens with zero attached hydrogens (tertiary/aromatic N) is 1.